The largest absolute Gasteiger partial charge is 0.464 e. The van der Waals surface area contributed by atoms with Gasteiger partial charge < -0.3 is 8.83 Å². The van der Waals surface area contributed by atoms with Crippen LogP contribution < -0.4 is 0 Å². The maximum absolute atomic E-state index is 5.65. The Morgan fingerprint density at radius 1 is 1.24 bits per heavy atom. The first-order valence-electron chi connectivity index (χ1n) is 5.36. The number of para-hydroxylation sites is 1. The van der Waals surface area contributed by atoms with Crippen molar-refractivity contribution in [3.8, 4) is 11.3 Å². The quantitative estimate of drug-likeness (QED) is 0.660. The van der Waals surface area contributed by atoms with Crippen molar-refractivity contribution in [1.29, 1.82) is 0 Å². The number of fused-ring (bicyclic) bond motifs is 1. The van der Waals surface area contributed by atoms with Gasteiger partial charge in [-0.2, -0.15) is 0 Å². The first kappa shape index (κ1) is 10.4. The molecule has 2 heterocycles. The second-order valence-electron chi connectivity index (χ2n) is 3.70. The van der Waals surface area contributed by atoms with Gasteiger partial charge in [-0.1, -0.05) is 18.2 Å². The fraction of sp³-hybridized carbons (Fsp3) is 0.154. The minimum atomic E-state index is 0.506. The minimum Gasteiger partial charge on any atom is -0.464 e. The Bertz CT molecular complexity index is 641. The van der Waals surface area contributed by atoms with Gasteiger partial charge in [-0.05, 0) is 6.07 Å². The van der Waals surface area contributed by atoms with Crippen molar-refractivity contribution in [1.82, 2.24) is 4.98 Å². The molecule has 1 aromatic carbocycles. The van der Waals surface area contributed by atoms with E-state index in [-0.39, 0.29) is 0 Å². The number of benzene rings is 1. The molecule has 4 heteroatoms. The van der Waals surface area contributed by atoms with Gasteiger partial charge in [0.1, 0.15) is 11.8 Å². The molecule has 17 heavy (non-hydrogen) atoms. The summed E-state index contributed by atoms with van der Waals surface area (Å²) in [5.41, 5.74) is 1.77. The van der Waals surface area contributed by atoms with Crippen LogP contribution in [-0.2, 0) is 6.42 Å². The second kappa shape index (κ2) is 4.26. The molecule has 2 aromatic heterocycles. The van der Waals surface area contributed by atoms with E-state index < -0.39 is 0 Å². The van der Waals surface area contributed by atoms with Crippen LogP contribution in [0.5, 0.6) is 0 Å². The maximum atomic E-state index is 5.65. The second-order valence-corrected chi connectivity index (χ2v) is 4.08. The van der Waals surface area contributed by atoms with E-state index in [0.717, 1.165) is 22.3 Å². The van der Waals surface area contributed by atoms with E-state index in [1.54, 1.807) is 12.5 Å². The molecule has 3 aromatic rings. The lowest BCUT2D eigenvalue weighted by Crippen LogP contribution is -1.83. The summed E-state index contributed by atoms with van der Waals surface area (Å²) in [6.07, 6.45) is 4.03. The van der Waals surface area contributed by atoms with Crippen molar-refractivity contribution in [2.75, 3.05) is 5.88 Å². The molecule has 86 valence electrons. The normalized spacial score (nSPS) is 11.1. The number of rotatable bonds is 3. The third-order valence-electron chi connectivity index (χ3n) is 2.61. The molecule has 3 rings (SSSR count). The van der Waals surface area contributed by atoms with Crippen LogP contribution in [0.4, 0.5) is 0 Å². The van der Waals surface area contributed by atoms with E-state index in [2.05, 4.69) is 4.98 Å². The Labute approximate surface area is 103 Å². The Morgan fingerprint density at radius 3 is 3.00 bits per heavy atom. The summed E-state index contributed by atoms with van der Waals surface area (Å²) in [7, 11) is 0. The van der Waals surface area contributed by atoms with Gasteiger partial charge in [-0.15, -0.1) is 11.6 Å². The zero-order valence-corrected chi connectivity index (χ0v) is 9.78. The number of alkyl halides is 1. The molecule has 0 aliphatic rings. The number of hydrogen-bond acceptors (Lipinski definition) is 3. The predicted molar refractivity (Wildman–Crippen MR) is 66.1 cm³/mol. The van der Waals surface area contributed by atoms with Crippen LogP contribution in [0, 0.1) is 0 Å². The molecule has 0 spiro atoms. The number of aromatic nitrogens is 1. The van der Waals surface area contributed by atoms with Gasteiger partial charge >= 0.3 is 0 Å². The van der Waals surface area contributed by atoms with E-state index in [1.807, 2.05) is 24.3 Å². The Hall–Kier alpha value is -1.74. The third-order valence-corrected chi connectivity index (χ3v) is 2.80. The summed E-state index contributed by atoms with van der Waals surface area (Å²) < 4.78 is 11.1. The number of hydrogen-bond donors (Lipinski definition) is 0. The average Bonchev–Trinajstić information content (AvgIpc) is 2.95. The molecule has 0 bridgehead atoms. The Balaban J connectivity index is 2.07. The highest BCUT2D eigenvalue weighted by Gasteiger charge is 2.12. The highest BCUT2D eigenvalue weighted by Crippen LogP contribution is 2.30. The van der Waals surface area contributed by atoms with Gasteiger partial charge in [0.25, 0.3) is 0 Å². The van der Waals surface area contributed by atoms with Crippen LogP contribution in [-0.4, -0.2) is 10.9 Å². The van der Waals surface area contributed by atoms with Crippen LogP contribution in [0.1, 0.15) is 5.89 Å². The van der Waals surface area contributed by atoms with Crippen molar-refractivity contribution in [2.24, 2.45) is 0 Å². The average molecular weight is 248 g/mol. The van der Waals surface area contributed by atoms with Gasteiger partial charge in [-0.25, -0.2) is 4.98 Å². The monoisotopic (exact) mass is 247 g/mol. The summed E-state index contributed by atoms with van der Waals surface area (Å²) >= 11 is 5.65. The van der Waals surface area contributed by atoms with Crippen molar-refractivity contribution in [2.45, 2.75) is 6.42 Å². The fourth-order valence-electron chi connectivity index (χ4n) is 1.80. The summed E-state index contributed by atoms with van der Waals surface area (Å²) in [5, 5.41) is 1.03. The summed E-state index contributed by atoms with van der Waals surface area (Å²) in [6.45, 7) is 0. The molecule has 0 fully saturated rings. The standard InChI is InChI=1S/C13H10ClNO2/c14-6-5-13-15-7-12(17-13)10-8-16-11-4-2-1-3-9(10)11/h1-4,7-8H,5-6H2. The topological polar surface area (TPSA) is 39.2 Å². The Kier molecular flexibility index (Phi) is 2.61. The number of oxazole rings is 1. The van der Waals surface area contributed by atoms with Gasteiger partial charge in [0, 0.05) is 17.7 Å². The lowest BCUT2D eigenvalue weighted by atomic mass is 10.1. The molecule has 3 nitrogen and oxygen atoms in total. The molecule has 0 aliphatic carbocycles. The predicted octanol–water partition coefficient (Wildman–Crippen LogP) is 3.87. The third kappa shape index (κ3) is 1.83. The number of nitrogens with zero attached hydrogens (tertiary/aromatic N) is 1. The summed E-state index contributed by atoms with van der Waals surface area (Å²) in [6, 6.07) is 7.83. The fourth-order valence-corrected chi connectivity index (χ4v) is 1.96. The molecule has 0 unspecified atom stereocenters. The van der Waals surface area contributed by atoms with Gasteiger partial charge in [0.15, 0.2) is 11.7 Å². The van der Waals surface area contributed by atoms with Crippen molar-refractivity contribution >= 4 is 22.6 Å². The molecule has 0 aliphatic heterocycles. The van der Waals surface area contributed by atoms with Crippen LogP contribution in [0.25, 0.3) is 22.3 Å². The molecule has 0 radical (unpaired) electrons. The zero-order chi connectivity index (χ0) is 11.7. The van der Waals surface area contributed by atoms with E-state index in [1.165, 1.54) is 0 Å². The highest BCUT2D eigenvalue weighted by molar-refractivity contribution is 6.17. The molecule has 0 amide bonds. The molecule has 0 saturated heterocycles. The van der Waals surface area contributed by atoms with Crippen LogP contribution >= 0.6 is 11.6 Å². The SMILES string of the molecule is ClCCc1ncc(-c2coc3ccccc23)o1. The van der Waals surface area contributed by atoms with Crippen molar-refractivity contribution in [3.63, 3.8) is 0 Å². The zero-order valence-electron chi connectivity index (χ0n) is 9.02. The summed E-state index contributed by atoms with van der Waals surface area (Å²) in [5.74, 6) is 1.88. The number of halogens is 1. The number of furan rings is 1. The minimum absolute atomic E-state index is 0.506. The van der Waals surface area contributed by atoms with E-state index in [0.29, 0.717) is 18.2 Å². The van der Waals surface area contributed by atoms with Crippen molar-refractivity contribution in [3.05, 3.63) is 42.6 Å². The van der Waals surface area contributed by atoms with Crippen LogP contribution in [0.3, 0.4) is 0 Å². The van der Waals surface area contributed by atoms with E-state index >= 15 is 0 Å². The molecule has 0 saturated carbocycles. The van der Waals surface area contributed by atoms with Crippen molar-refractivity contribution < 1.29 is 8.83 Å². The maximum Gasteiger partial charge on any atom is 0.196 e. The lowest BCUT2D eigenvalue weighted by molar-refractivity contribution is 0.513. The molecule has 0 N–H and O–H groups in total. The van der Waals surface area contributed by atoms with Crippen LogP contribution in [0.15, 0.2) is 45.6 Å². The molecular formula is C13H10ClNO2. The van der Waals surface area contributed by atoms with Gasteiger partial charge in [0.05, 0.1) is 11.8 Å². The van der Waals surface area contributed by atoms with Gasteiger partial charge in [-0.3, -0.25) is 0 Å². The summed E-state index contributed by atoms with van der Waals surface area (Å²) in [4.78, 5) is 4.18. The smallest absolute Gasteiger partial charge is 0.196 e. The molecule has 0 atom stereocenters. The van der Waals surface area contributed by atoms with E-state index in [4.69, 9.17) is 20.4 Å². The number of aryl methyl sites for hydroxylation is 1. The Morgan fingerprint density at radius 2 is 2.12 bits per heavy atom. The van der Waals surface area contributed by atoms with E-state index in [9.17, 15) is 0 Å². The molecular weight excluding hydrogens is 238 g/mol. The lowest BCUT2D eigenvalue weighted by Gasteiger charge is -1.92. The highest BCUT2D eigenvalue weighted by atomic mass is 35.5. The van der Waals surface area contributed by atoms with Crippen LogP contribution in [0.2, 0.25) is 0 Å². The van der Waals surface area contributed by atoms with Gasteiger partial charge in [0.2, 0.25) is 0 Å². The first-order chi connectivity index (χ1) is 8.38. The first-order valence-corrected chi connectivity index (χ1v) is 5.89.